The Bertz CT molecular complexity index is 868. The molecule has 1 atom stereocenters. The molecule has 0 spiro atoms. The number of nitrogens with zero attached hydrogens (tertiary/aromatic N) is 6. The van der Waals surface area contributed by atoms with Gasteiger partial charge in [-0.1, -0.05) is 0 Å². The second kappa shape index (κ2) is 8.14. The minimum absolute atomic E-state index is 0.0747. The molecule has 0 radical (unpaired) electrons. The van der Waals surface area contributed by atoms with E-state index in [9.17, 15) is 4.79 Å². The minimum Gasteiger partial charge on any atom is -0.369 e. The van der Waals surface area contributed by atoms with Crippen LogP contribution in [0.2, 0.25) is 0 Å². The van der Waals surface area contributed by atoms with Crippen LogP contribution in [0.15, 0.2) is 24.4 Å². The Labute approximate surface area is 173 Å². The zero-order valence-corrected chi connectivity index (χ0v) is 18.0. The average molecular weight is 397 g/mol. The summed E-state index contributed by atoms with van der Waals surface area (Å²) < 4.78 is 1.81. The Morgan fingerprint density at radius 1 is 1.14 bits per heavy atom. The Morgan fingerprint density at radius 2 is 1.90 bits per heavy atom. The number of rotatable bonds is 4. The number of likely N-dealkylation sites (N-methyl/N-ethyl adjacent to an activating group) is 1. The highest BCUT2D eigenvalue weighted by Crippen LogP contribution is 2.30. The van der Waals surface area contributed by atoms with Gasteiger partial charge in [-0.3, -0.25) is 14.5 Å². The molecule has 2 aliphatic rings. The summed E-state index contributed by atoms with van der Waals surface area (Å²) in [6.45, 7) is 11.9. The predicted octanol–water partition coefficient (Wildman–Crippen LogP) is 2.55. The summed E-state index contributed by atoms with van der Waals surface area (Å²) in [7, 11) is 2.18. The van der Waals surface area contributed by atoms with E-state index in [4.69, 9.17) is 4.98 Å². The lowest BCUT2D eigenvalue weighted by Gasteiger charge is -2.34. The van der Waals surface area contributed by atoms with Crippen molar-refractivity contribution in [2.75, 3.05) is 51.2 Å². The van der Waals surface area contributed by atoms with Crippen LogP contribution in [0, 0.1) is 6.92 Å². The van der Waals surface area contributed by atoms with Crippen molar-refractivity contribution in [1.82, 2.24) is 24.6 Å². The third-order valence-electron chi connectivity index (χ3n) is 6.10. The SMILES string of the molecule is Cc1cc(N2CCN(C)CC2)cc([C@H]2CCN(C(=O)c3ccnn3C(C)C)C2)n1. The van der Waals surface area contributed by atoms with Gasteiger partial charge >= 0.3 is 0 Å². The van der Waals surface area contributed by atoms with Crippen LogP contribution >= 0.6 is 0 Å². The van der Waals surface area contributed by atoms with Crippen LogP contribution in [-0.4, -0.2) is 76.8 Å². The quantitative estimate of drug-likeness (QED) is 0.795. The van der Waals surface area contributed by atoms with Gasteiger partial charge in [-0.15, -0.1) is 0 Å². The monoisotopic (exact) mass is 396 g/mol. The maximum Gasteiger partial charge on any atom is 0.272 e. The third-order valence-corrected chi connectivity index (χ3v) is 6.10. The molecule has 2 aromatic heterocycles. The normalized spacial score (nSPS) is 20.7. The van der Waals surface area contributed by atoms with E-state index >= 15 is 0 Å². The number of carbonyl (C=O) groups is 1. The van der Waals surface area contributed by atoms with Gasteiger partial charge in [-0.2, -0.15) is 5.10 Å². The summed E-state index contributed by atoms with van der Waals surface area (Å²) in [6.07, 6.45) is 2.67. The number of anilines is 1. The molecule has 156 valence electrons. The fourth-order valence-corrected chi connectivity index (χ4v) is 4.38. The fraction of sp³-hybridized carbons (Fsp3) is 0.591. The topological polar surface area (TPSA) is 57.5 Å². The van der Waals surface area contributed by atoms with Gasteiger partial charge in [0.25, 0.3) is 5.91 Å². The molecule has 0 N–H and O–H groups in total. The summed E-state index contributed by atoms with van der Waals surface area (Å²) >= 11 is 0. The van der Waals surface area contributed by atoms with Gasteiger partial charge in [-0.25, -0.2) is 0 Å². The highest BCUT2D eigenvalue weighted by molar-refractivity contribution is 5.92. The third kappa shape index (κ3) is 4.15. The zero-order chi connectivity index (χ0) is 20.5. The van der Waals surface area contributed by atoms with Gasteiger partial charge in [0.05, 0.1) is 0 Å². The summed E-state index contributed by atoms with van der Waals surface area (Å²) in [4.78, 5) is 24.7. The van der Waals surface area contributed by atoms with E-state index in [1.807, 2.05) is 29.5 Å². The van der Waals surface area contributed by atoms with Crippen LogP contribution in [0.25, 0.3) is 0 Å². The van der Waals surface area contributed by atoms with Crippen molar-refractivity contribution < 1.29 is 4.79 Å². The molecule has 29 heavy (non-hydrogen) atoms. The van der Waals surface area contributed by atoms with Crippen LogP contribution in [0.1, 0.15) is 54.1 Å². The number of carbonyl (C=O) groups excluding carboxylic acids is 1. The molecule has 7 heteroatoms. The number of hydrogen-bond acceptors (Lipinski definition) is 5. The van der Waals surface area contributed by atoms with Crippen molar-refractivity contribution in [3.8, 4) is 0 Å². The molecule has 2 fully saturated rings. The van der Waals surface area contributed by atoms with Crippen LogP contribution < -0.4 is 4.90 Å². The van der Waals surface area contributed by atoms with E-state index in [1.165, 1.54) is 5.69 Å². The maximum absolute atomic E-state index is 13.1. The lowest BCUT2D eigenvalue weighted by atomic mass is 10.0. The Hall–Kier alpha value is -2.41. The molecule has 4 heterocycles. The van der Waals surface area contributed by atoms with Crippen molar-refractivity contribution in [2.45, 2.75) is 39.2 Å². The van der Waals surface area contributed by atoms with Gasteiger partial charge in [0.1, 0.15) is 5.69 Å². The first-order valence-electron chi connectivity index (χ1n) is 10.7. The lowest BCUT2D eigenvalue weighted by molar-refractivity contribution is 0.0776. The number of likely N-dealkylation sites (tertiary alicyclic amines) is 1. The van der Waals surface area contributed by atoms with Crippen molar-refractivity contribution in [2.24, 2.45) is 0 Å². The van der Waals surface area contributed by atoms with Crippen molar-refractivity contribution in [3.63, 3.8) is 0 Å². The lowest BCUT2D eigenvalue weighted by Crippen LogP contribution is -2.44. The van der Waals surface area contributed by atoms with Crippen LogP contribution in [0.3, 0.4) is 0 Å². The van der Waals surface area contributed by atoms with Crippen LogP contribution in [0.5, 0.6) is 0 Å². The number of hydrogen-bond donors (Lipinski definition) is 0. The molecular formula is C22H32N6O. The molecule has 0 bridgehead atoms. The van der Waals surface area contributed by atoms with Crippen LogP contribution in [0.4, 0.5) is 5.69 Å². The van der Waals surface area contributed by atoms with E-state index in [-0.39, 0.29) is 11.9 Å². The zero-order valence-electron chi connectivity index (χ0n) is 18.0. The second-order valence-electron chi connectivity index (χ2n) is 8.67. The summed E-state index contributed by atoms with van der Waals surface area (Å²) in [5.41, 5.74) is 4.12. The first-order valence-corrected chi connectivity index (χ1v) is 10.7. The molecule has 0 aromatic carbocycles. The number of amides is 1. The first-order chi connectivity index (χ1) is 13.9. The highest BCUT2D eigenvalue weighted by Gasteiger charge is 2.31. The molecule has 4 rings (SSSR count). The molecule has 2 aliphatic heterocycles. The predicted molar refractivity (Wildman–Crippen MR) is 115 cm³/mol. The smallest absolute Gasteiger partial charge is 0.272 e. The molecule has 2 aromatic rings. The first kappa shape index (κ1) is 19.9. The van der Waals surface area contributed by atoms with Gasteiger partial charge < -0.3 is 14.7 Å². The van der Waals surface area contributed by atoms with E-state index < -0.39 is 0 Å². The Balaban J connectivity index is 1.49. The number of piperazine rings is 1. The van der Waals surface area contributed by atoms with E-state index in [2.05, 4.69) is 41.0 Å². The van der Waals surface area contributed by atoms with Crippen molar-refractivity contribution in [1.29, 1.82) is 0 Å². The summed E-state index contributed by atoms with van der Waals surface area (Å²) in [6, 6.07) is 6.43. The van der Waals surface area contributed by atoms with Gasteiger partial charge in [-0.05, 0) is 52.4 Å². The molecule has 0 saturated carbocycles. The van der Waals surface area contributed by atoms with Crippen LogP contribution in [-0.2, 0) is 0 Å². The van der Waals surface area contributed by atoms with Crippen molar-refractivity contribution >= 4 is 11.6 Å². The number of aromatic nitrogens is 3. The van der Waals surface area contributed by atoms with E-state index in [0.29, 0.717) is 11.6 Å². The minimum atomic E-state index is 0.0747. The highest BCUT2D eigenvalue weighted by atomic mass is 16.2. The van der Waals surface area contributed by atoms with Gasteiger partial charge in [0, 0.05) is 74.5 Å². The Morgan fingerprint density at radius 3 is 2.62 bits per heavy atom. The second-order valence-corrected chi connectivity index (χ2v) is 8.67. The van der Waals surface area contributed by atoms with Crippen molar-refractivity contribution in [3.05, 3.63) is 41.5 Å². The molecule has 7 nitrogen and oxygen atoms in total. The Kier molecular flexibility index (Phi) is 5.58. The molecule has 0 aliphatic carbocycles. The summed E-state index contributed by atoms with van der Waals surface area (Å²) in [5, 5.41) is 4.31. The van der Waals surface area contributed by atoms with E-state index in [0.717, 1.165) is 57.1 Å². The largest absolute Gasteiger partial charge is 0.369 e. The maximum atomic E-state index is 13.1. The fourth-order valence-electron chi connectivity index (χ4n) is 4.38. The molecule has 2 saturated heterocycles. The number of pyridine rings is 1. The molecule has 0 unspecified atom stereocenters. The van der Waals surface area contributed by atoms with Gasteiger partial charge in [0.15, 0.2) is 0 Å². The molecule has 1 amide bonds. The number of aryl methyl sites for hydroxylation is 1. The standard InChI is InChI=1S/C22H32N6O/c1-16(2)28-21(5-7-23-28)22(29)27-8-6-18(15-27)20-14-19(13-17(3)24-20)26-11-9-25(4)10-12-26/h5,7,13-14,16,18H,6,8-12,15H2,1-4H3/t18-/m0/s1. The summed E-state index contributed by atoms with van der Waals surface area (Å²) in [5.74, 6) is 0.367. The van der Waals surface area contributed by atoms with E-state index in [1.54, 1.807) is 6.20 Å². The average Bonchev–Trinajstić information content (AvgIpc) is 3.37. The molecular weight excluding hydrogens is 364 g/mol. The van der Waals surface area contributed by atoms with Gasteiger partial charge in [0.2, 0.25) is 0 Å².